The molecule has 3 heteroatoms. The third-order valence-corrected chi connectivity index (χ3v) is 2.24. The lowest BCUT2D eigenvalue weighted by atomic mass is 10.1. The van der Waals surface area contributed by atoms with Crippen LogP contribution in [0.3, 0.4) is 0 Å². The molecule has 0 spiro atoms. The van der Waals surface area contributed by atoms with Gasteiger partial charge in [-0.2, -0.15) is 0 Å². The van der Waals surface area contributed by atoms with Gasteiger partial charge >= 0.3 is 0 Å². The molecular weight excluding hydrogens is 179 g/mol. The second-order valence-electron chi connectivity index (χ2n) is 3.58. The standard InChI is InChI=1S/C11H17FN2/c1-8(7-13)14-9(2)10-4-3-5-11(12)6-10/h3-6,8-9,14H,7,13H2,1-2H3/t8?,9-/m1/s1. The van der Waals surface area contributed by atoms with E-state index in [2.05, 4.69) is 5.32 Å². The molecule has 1 unspecified atom stereocenters. The van der Waals surface area contributed by atoms with E-state index in [4.69, 9.17) is 5.73 Å². The van der Waals surface area contributed by atoms with E-state index in [9.17, 15) is 4.39 Å². The van der Waals surface area contributed by atoms with Crippen molar-refractivity contribution >= 4 is 0 Å². The average Bonchev–Trinajstić information content (AvgIpc) is 2.17. The van der Waals surface area contributed by atoms with E-state index in [1.165, 1.54) is 6.07 Å². The van der Waals surface area contributed by atoms with E-state index in [1.807, 2.05) is 19.9 Å². The maximum absolute atomic E-state index is 12.9. The minimum atomic E-state index is -0.198. The Morgan fingerprint density at radius 3 is 2.71 bits per heavy atom. The van der Waals surface area contributed by atoms with E-state index in [1.54, 1.807) is 12.1 Å². The summed E-state index contributed by atoms with van der Waals surface area (Å²) in [5, 5.41) is 3.28. The Morgan fingerprint density at radius 1 is 1.43 bits per heavy atom. The minimum absolute atomic E-state index is 0.129. The van der Waals surface area contributed by atoms with Crippen molar-refractivity contribution in [2.45, 2.75) is 25.9 Å². The highest BCUT2D eigenvalue weighted by Crippen LogP contribution is 2.13. The largest absolute Gasteiger partial charge is 0.329 e. The molecule has 0 aliphatic carbocycles. The number of benzene rings is 1. The van der Waals surface area contributed by atoms with Crippen molar-refractivity contribution in [3.63, 3.8) is 0 Å². The summed E-state index contributed by atoms with van der Waals surface area (Å²) in [5.41, 5.74) is 6.44. The van der Waals surface area contributed by atoms with E-state index in [0.29, 0.717) is 6.54 Å². The van der Waals surface area contributed by atoms with Crippen molar-refractivity contribution in [2.75, 3.05) is 6.54 Å². The Labute approximate surface area is 84.3 Å². The smallest absolute Gasteiger partial charge is 0.123 e. The van der Waals surface area contributed by atoms with Crippen molar-refractivity contribution < 1.29 is 4.39 Å². The van der Waals surface area contributed by atoms with Gasteiger partial charge in [0, 0.05) is 18.6 Å². The fraction of sp³-hybridized carbons (Fsp3) is 0.455. The number of hydrogen-bond acceptors (Lipinski definition) is 2. The van der Waals surface area contributed by atoms with Gasteiger partial charge in [-0.1, -0.05) is 12.1 Å². The monoisotopic (exact) mass is 196 g/mol. The van der Waals surface area contributed by atoms with E-state index >= 15 is 0 Å². The highest BCUT2D eigenvalue weighted by Gasteiger charge is 2.08. The molecule has 0 fully saturated rings. The maximum atomic E-state index is 12.9. The summed E-state index contributed by atoms with van der Waals surface area (Å²) >= 11 is 0. The van der Waals surface area contributed by atoms with Crippen LogP contribution in [0.4, 0.5) is 4.39 Å². The molecular formula is C11H17FN2. The molecule has 2 atom stereocenters. The van der Waals surface area contributed by atoms with Gasteiger partial charge in [-0.25, -0.2) is 4.39 Å². The molecule has 1 rings (SSSR count). The van der Waals surface area contributed by atoms with Gasteiger partial charge in [0.1, 0.15) is 5.82 Å². The van der Waals surface area contributed by atoms with Crippen LogP contribution in [0.25, 0.3) is 0 Å². The lowest BCUT2D eigenvalue weighted by molar-refractivity contribution is 0.483. The zero-order valence-electron chi connectivity index (χ0n) is 8.63. The quantitative estimate of drug-likeness (QED) is 0.771. The van der Waals surface area contributed by atoms with E-state index < -0.39 is 0 Å². The first-order valence-electron chi connectivity index (χ1n) is 4.85. The third kappa shape index (κ3) is 3.09. The molecule has 0 heterocycles. The third-order valence-electron chi connectivity index (χ3n) is 2.24. The molecule has 0 bridgehead atoms. The molecule has 0 aromatic heterocycles. The molecule has 3 N–H and O–H groups in total. The van der Waals surface area contributed by atoms with Crippen LogP contribution in [0, 0.1) is 5.82 Å². The lowest BCUT2D eigenvalue weighted by Crippen LogP contribution is -2.35. The predicted molar refractivity (Wildman–Crippen MR) is 56.5 cm³/mol. The number of halogens is 1. The average molecular weight is 196 g/mol. The van der Waals surface area contributed by atoms with Crippen molar-refractivity contribution in [1.29, 1.82) is 0 Å². The number of rotatable bonds is 4. The van der Waals surface area contributed by atoms with Crippen molar-refractivity contribution in [3.8, 4) is 0 Å². The molecule has 0 saturated carbocycles. The van der Waals surface area contributed by atoms with Crippen LogP contribution < -0.4 is 11.1 Å². The summed E-state index contributed by atoms with van der Waals surface area (Å²) in [6.45, 7) is 4.59. The first-order chi connectivity index (χ1) is 6.63. The zero-order chi connectivity index (χ0) is 10.6. The highest BCUT2D eigenvalue weighted by atomic mass is 19.1. The molecule has 0 radical (unpaired) electrons. The fourth-order valence-electron chi connectivity index (χ4n) is 1.37. The van der Waals surface area contributed by atoms with Crippen LogP contribution in [-0.4, -0.2) is 12.6 Å². The predicted octanol–water partition coefficient (Wildman–Crippen LogP) is 1.82. The molecule has 0 aliphatic rings. The van der Waals surface area contributed by atoms with Crippen LogP contribution in [0.2, 0.25) is 0 Å². The van der Waals surface area contributed by atoms with E-state index in [0.717, 1.165) is 5.56 Å². The van der Waals surface area contributed by atoms with E-state index in [-0.39, 0.29) is 17.9 Å². The van der Waals surface area contributed by atoms with Crippen molar-refractivity contribution in [1.82, 2.24) is 5.32 Å². The molecule has 78 valence electrons. The Kier molecular flexibility index (Phi) is 4.04. The van der Waals surface area contributed by atoms with Crippen LogP contribution in [0.5, 0.6) is 0 Å². The van der Waals surface area contributed by atoms with Gasteiger partial charge in [0.05, 0.1) is 0 Å². The minimum Gasteiger partial charge on any atom is -0.329 e. The molecule has 2 nitrogen and oxygen atoms in total. The van der Waals surface area contributed by atoms with Gasteiger partial charge in [-0.3, -0.25) is 0 Å². The Hall–Kier alpha value is -0.930. The van der Waals surface area contributed by atoms with Crippen molar-refractivity contribution in [3.05, 3.63) is 35.6 Å². The summed E-state index contributed by atoms with van der Waals surface area (Å²) in [5.74, 6) is -0.198. The van der Waals surface area contributed by atoms with Gasteiger partial charge < -0.3 is 11.1 Å². The number of nitrogens with one attached hydrogen (secondary N) is 1. The summed E-state index contributed by atoms with van der Waals surface area (Å²) < 4.78 is 12.9. The second-order valence-corrected chi connectivity index (χ2v) is 3.58. The summed E-state index contributed by atoms with van der Waals surface area (Å²) in [7, 11) is 0. The Morgan fingerprint density at radius 2 is 2.14 bits per heavy atom. The Bertz CT molecular complexity index is 288. The second kappa shape index (κ2) is 5.08. The molecule has 1 aromatic carbocycles. The maximum Gasteiger partial charge on any atom is 0.123 e. The van der Waals surface area contributed by atoms with Gasteiger partial charge in [-0.05, 0) is 31.5 Å². The van der Waals surface area contributed by atoms with Crippen LogP contribution in [0.1, 0.15) is 25.5 Å². The summed E-state index contributed by atoms with van der Waals surface area (Å²) in [4.78, 5) is 0. The molecule has 1 aromatic rings. The van der Waals surface area contributed by atoms with Gasteiger partial charge in [0.2, 0.25) is 0 Å². The zero-order valence-corrected chi connectivity index (χ0v) is 8.63. The molecule has 0 aliphatic heterocycles. The highest BCUT2D eigenvalue weighted by molar-refractivity contribution is 5.19. The first-order valence-corrected chi connectivity index (χ1v) is 4.85. The molecule has 14 heavy (non-hydrogen) atoms. The number of hydrogen-bond donors (Lipinski definition) is 2. The normalized spacial score (nSPS) is 15.1. The Balaban J connectivity index is 2.64. The lowest BCUT2D eigenvalue weighted by Gasteiger charge is -2.18. The van der Waals surface area contributed by atoms with Gasteiger partial charge in [0.15, 0.2) is 0 Å². The topological polar surface area (TPSA) is 38.0 Å². The molecule has 0 saturated heterocycles. The van der Waals surface area contributed by atoms with Gasteiger partial charge in [0.25, 0.3) is 0 Å². The van der Waals surface area contributed by atoms with Crippen LogP contribution in [-0.2, 0) is 0 Å². The van der Waals surface area contributed by atoms with Crippen molar-refractivity contribution in [2.24, 2.45) is 5.73 Å². The SMILES string of the molecule is CC(CN)N[C@H](C)c1cccc(F)c1. The summed E-state index contributed by atoms with van der Waals surface area (Å²) in [6.07, 6.45) is 0. The van der Waals surface area contributed by atoms with Crippen LogP contribution >= 0.6 is 0 Å². The summed E-state index contributed by atoms with van der Waals surface area (Å²) in [6, 6.07) is 6.99. The van der Waals surface area contributed by atoms with Gasteiger partial charge in [-0.15, -0.1) is 0 Å². The fourth-order valence-corrected chi connectivity index (χ4v) is 1.37. The van der Waals surface area contributed by atoms with Crippen LogP contribution in [0.15, 0.2) is 24.3 Å². The first kappa shape index (κ1) is 11.1. The number of nitrogens with two attached hydrogens (primary N) is 1. The molecule has 0 amide bonds.